The average molecular weight is 252 g/mol. The predicted octanol–water partition coefficient (Wildman–Crippen LogP) is 3.86. The quantitative estimate of drug-likeness (QED) is 0.880. The lowest BCUT2D eigenvalue weighted by molar-refractivity contribution is 0.137. The summed E-state index contributed by atoms with van der Waals surface area (Å²) < 4.78 is 0. The van der Waals surface area contributed by atoms with Crippen molar-refractivity contribution in [3.8, 4) is 0 Å². The van der Waals surface area contributed by atoms with Crippen molar-refractivity contribution in [1.29, 1.82) is 0 Å². The molecule has 0 bridgehead atoms. The number of aryl methyl sites for hydroxylation is 1. The van der Waals surface area contributed by atoms with Crippen LogP contribution in [0.5, 0.6) is 0 Å². The van der Waals surface area contributed by atoms with E-state index in [2.05, 4.69) is 31.5 Å². The van der Waals surface area contributed by atoms with Crippen molar-refractivity contribution in [1.82, 2.24) is 10.3 Å². The molecule has 0 radical (unpaired) electrons. The highest BCUT2D eigenvalue weighted by Gasteiger charge is 2.42. The summed E-state index contributed by atoms with van der Waals surface area (Å²) in [4.78, 5) is 4.78. The van der Waals surface area contributed by atoms with Gasteiger partial charge in [-0.3, -0.25) is 0 Å². The zero-order chi connectivity index (χ0) is 12.3. The van der Waals surface area contributed by atoms with Crippen molar-refractivity contribution < 1.29 is 0 Å². The number of hydrogen-bond donors (Lipinski definition) is 1. The van der Waals surface area contributed by atoms with E-state index in [0.29, 0.717) is 0 Å². The first-order valence-corrected chi connectivity index (χ1v) is 7.78. The van der Waals surface area contributed by atoms with E-state index in [0.717, 1.165) is 12.5 Å². The molecular weight excluding hydrogens is 228 g/mol. The van der Waals surface area contributed by atoms with Crippen LogP contribution in [-0.4, -0.2) is 11.5 Å². The molecule has 96 valence electrons. The smallest absolute Gasteiger partial charge is 0.113 e. The topological polar surface area (TPSA) is 24.9 Å². The van der Waals surface area contributed by atoms with Crippen LogP contribution in [0.15, 0.2) is 5.38 Å². The highest BCUT2D eigenvalue weighted by molar-refractivity contribution is 7.09. The SMILES string of the molecule is CCNC1(c2nc(C)cs2)CCCCC1CC. The van der Waals surface area contributed by atoms with E-state index in [1.807, 2.05) is 11.3 Å². The van der Waals surface area contributed by atoms with E-state index in [4.69, 9.17) is 4.98 Å². The second-order valence-corrected chi connectivity index (χ2v) is 6.00. The molecule has 0 aromatic carbocycles. The van der Waals surface area contributed by atoms with Crippen LogP contribution in [0.4, 0.5) is 0 Å². The van der Waals surface area contributed by atoms with E-state index < -0.39 is 0 Å². The van der Waals surface area contributed by atoms with Crippen LogP contribution < -0.4 is 5.32 Å². The van der Waals surface area contributed by atoms with Crippen LogP contribution in [0.1, 0.15) is 56.7 Å². The number of nitrogens with zero attached hydrogens (tertiary/aromatic N) is 1. The maximum absolute atomic E-state index is 4.78. The molecule has 0 amide bonds. The standard InChI is InChI=1S/C14H24N2S/c1-4-12-8-6-7-9-14(12,15-5-2)13-16-11(3)10-17-13/h10,12,15H,4-9H2,1-3H3. The zero-order valence-corrected chi connectivity index (χ0v) is 12.1. The third-order valence-electron chi connectivity index (χ3n) is 4.06. The van der Waals surface area contributed by atoms with Gasteiger partial charge in [-0.25, -0.2) is 4.98 Å². The van der Waals surface area contributed by atoms with Crippen LogP contribution in [0.25, 0.3) is 0 Å². The van der Waals surface area contributed by atoms with Gasteiger partial charge in [-0.2, -0.15) is 0 Å². The van der Waals surface area contributed by atoms with Crippen molar-refractivity contribution in [2.75, 3.05) is 6.54 Å². The minimum absolute atomic E-state index is 0.167. The van der Waals surface area contributed by atoms with Crippen molar-refractivity contribution in [3.05, 3.63) is 16.1 Å². The summed E-state index contributed by atoms with van der Waals surface area (Å²) in [5, 5.41) is 7.29. The summed E-state index contributed by atoms with van der Waals surface area (Å²) >= 11 is 1.84. The van der Waals surface area contributed by atoms with Gasteiger partial charge in [0.1, 0.15) is 5.01 Å². The van der Waals surface area contributed by atoms with Gasteiger partial charge in [-0.1, -0.05) is 33.1 Å². The minimum Gasteiger partial charge on any atom is -0.305 e. The first-order chi connectivity index (χ1) is 8.23. The molecule has 2 unspecified atom stereocenters. The monoisotopic (exact) mass is 252 g/mol. The van der Waals surface area contributed by atoms with Gasteiger partial charge in [0.2, 0.25) is 0 Å². The van der Waals surface area contributed by atoms with Crippen molar-refractivity contribution in [2.45, 2.75) is 58.4 Å². The van der Waals surface area contributed by atoms with Gasteiger partial charge in [0.15, 0.2) is 0 Å². The molecule has 2 nitrogen and oxygen atoms in total. The molecule has 1 heterocycles. The van der Waals surface area contributed by atoms with E-state index in [9.17, 15) is 0 Å². The summed E-state index contributed by atoms with van der Waals surface area (Å²) in [6.07, 6.45) is 6.58. The van der Waals surface area contributed by atoms with Gasteiger partial charge in [0.25, 0.3) is 0 Å². The molecule has 3 heteroatoms. The number of aromatic nitrogens is 1. The lowest BCUT2D eigenvalue weighted by Crippen LogP contribution is -2.50. The Balaban J connectivity index is 2.35. The zero-order valence-electron chi connectivity index (χ0n) is 11.3. The van der Waals surface area contributed by atoms with E-state index in [-0.39, 0.29) is 5.54 Å². The Morgan fingerprint density at radius 1 is 1.47 bits per heavy atom. The third-order valence-corrected chi connectivity index (χ3v) is 5.19. The van der Waals surface area contributed by atoms with Gasteiger partial charge in [-0.15, -0.1) is 11.3 Å². The lowest BCUT2D eigenvalue weighted by atomic mass is 9.71. The maximum atomic E-state index is 4.78. The van der Waals surface area contributed by atoms with Crippen LogP contribution in [-0.2, 0) is 5.54 Å². The van der Waals surface area contributed by atoms with Crippen molar-refractivity contribution in [3.63, 3.8) is 0 Å². The molecule has 1 N–H and O–H groups in total. The summed E-state index contributed by atoms with van der Waals surface area (Å²) in [6, 6.07) is 0. The maximum Gasteiger partial charge on any atom is 0.113 e. The Morgan fingerprint density at radius 3 is 2.88 bits per heavy atom. The summed E-state index contributed by atoms with van der Waals surface area (Å²) in [5.41, 5.74) is 1.34. The second kappa shape index (κ2) is 5.49. The van der Waals surface area contributed by atoms with E-state index in [1.54, 1.807) is 0 Å². The third kappa shape index (κ3) is 2.41. The van der Waals surface area contributed by atoms with Gasteiger partial charge in [0, 0.05) is 11.1 Å². The van der Waals surface area contributed by atoms with Crippen LogP contribution in [0.3, 0.4) is 0 Å². The normalized spacial score (nSPS) is 29.5. The first-order valence-electron chi connectivity index (χ1n) is 6.90. The van der Waals surface area contributed by atoms with Crippen molar-refractivity contribution >= 4 is 11.3 Å². The fourth-order valence-corrected chi connectivity index (χ4v) is 4.34. The molecule has 1 aromatic rings. The molecule has 1 aromatic heterocycles. The molecule has 1 fully saturated rings. The van der Waals surface area contributed by atoms with Gasteiger partial charge < -0.3 is 5.32 Å². The Morgan fingerprint density at radius 2 is 2.29 bits per heavy atom. The number of thiazole rings is 1. The Bertz CT molecular complexity index is 357. The highest BCUT2D eigenvalue weighted by Crippen LogP contribution is 2.44. The Labute approximate surface area is 109 Å². The molecule has 2 rings (SSSR count). The molecule has 1 aliphatic rings. The average Bonchev–Trinajstić information content (AvgIpc) is 2.77. The number of nitrogens with one attached hydrogen (secondary N) is 1. The summed E-state index contributed by atoms with van der Waals surface area (Å²) in [7, 11) is 0. The van der Waals surface area contributed by atoms with Crippen LogP contribution in [0, 0.1) is 12.8 Å². The Hall–Kier alpha value is -0.410. The van der Waals surface area contributed by atoms with Crippen molar-refractivity contribution in [2.24, 2.45) is 5.92 Å². The highest BCUT2D eigenvalue weighted by atomic mass is 32.1. The molecule has 1 saturated carbocycles. The van der Waals surface area contributed by atoms with Crippen LogP contribution >= 0.6 is 11.3 Å². The number of hydrogen-bond acceptors (Lipinski definition) is 3. The minimum atomic E-state index is 0.167. The molecule has 0 aliphatic heterocycles. The summed E-state index contributed by atoms with van der Waals surface area (Å²) in [6.45, 7) is 7.67. The fourth-order valence-electron chi connectivity index (χ4n) is 3.26. The molecule has 0 saturated heterocycles. The summed E-state index contributed by atoms with van der Waals surface area (Å²) in [5.74, 6) is 0.752. The van der Waals surface area contributed by atoms with Crippen LogP contribution in [0.2, 0.25) is 0 Å². The van der Waals surface area contributed by atoms with Gasteiger partial charge in [-0.05, 0) is 32.2 Å². The fraction of sp³-hybridized carbons (Fsp3) is 0.786. The molecule has 0 spiro atoms. The lowest BCUT2D eigenvalue weighted by Gasteiger charge is -2.43. The second-order valence-electron chi connectivity index (χ2n) is 5.15. The first kappa shape index (κ1) is 13.0. The largest absolute Gasteiger partial charge is 0.305 e. The van der Waals surface area contributed by atoms with E-state index in [1.165, 1.54) is 42.8 Å². The van der Waals surface area contributed by atoms with Gasteiger partial charge in [0.05, 0.1) is 5.54 Å². The molecule has 1 aliphatic carbocycles. The predicted molar refractivity (Wildman–Crippen MR) is 74.5 cm³/mol. The Kier molecular flexibility index (Phi) is 4.21. The van der Waals surface area contributed by atoms with E-state index >= 15 is 0 Å². The van der Waals surface area contributed by atoms with Gasteiger partial charge >= 0.3 is 0 Å². The molecule has 2 atom stereocenters. The number of rotatable bonds is 4. The molecule has 17 heavy (non-hydrogen) atoms. The molecular formula is C14H24N2S.